The van der Waals surface area contributed by atoms with Crippen molar-refractivity contribution in [2.24, 2.45) is 39.8 Å². The monoisotopic (exact) mass is 575 g/mol. The standard InChI is InChI=1S/C25H42BN9O6/c1-15(2)9-21(26-40-20-12-17-11-19(24(17,3)4)25(20,5)41-26)30-22(37)16(7-6-8-28-23(27)31-35(38)39)10-18(36)13-34-14-29-32-33-34/h14-17,19-21H,6-13H2,1-5H3,(H,30,37)(H3,27,28,31)/t16-,17-,19-,20-,21+,25+/m1/s1. The van der Waals surface area contributed by atoms with E-state index < -0.39 is 23.7 Å². The number of hydrazine groups is 1. The van der Waals surface area contributed by atoms with Gasteiger partial charge in [-0.2, -0.15) is 0 Å². The fraction of sp³-hybridized carbons (Fsp3) is 0.840. The van der Waals surface area contributed by atoms with Crippen molar-refractivity contribution in [3.05, 3.63) is 16.4 Å². The summed E-state index contributed by atoms with van der Waals surface area (Å²) >= 11 is 0. The molecule has 5 rings (SSSR count). The third-order valence-electron chi connectivity index (χ3n) is 9.12. The lowest BCUT2D eigenvalue weighted by molar-refractivity contribution is -0.525. The highest BCUT2D eigenvalue weighted by Crippen LogP contribution is 2.65. The molecule has 226 valence electrons. The first-order valence-corrected chi connectivity index (χ1v) is 14.4. The zero-order valence-electron chi connectivity index (χ0n) is 24.5. The second-order valence-corrected chi connectivity index (χ2v) is 12.8. The first-order chi connectivity index (χ1) is 19.3. The molecule has 15 nitrogen and oxygen atoms in total. The Morgan fingerprint density at radius 1 is 1.32 bits per heavy atom. The van der Waals surface area contributed by atoms with E-state index in [1.54, 1.807) is 5.43 Å². The number of Topliss-reactive ketones (excluding diaryl/α,β-unsaturated/α-hetero) is 1. The summed E-state index contributed by atoms with van der Waals surface area (Å²) in [5, 5.41) is 23.7. The third kappa shape index (κ3) is 7.03. The van der Waals surface area contributed by atoms with E-state index in [0.717, 1.165) is 12.8 Å². The molecule has 3 aliphatic carbocycles. The Balaban J connectivity index is 1.43. The number of hydrogen-bond acceptors (Lipinski definition) is 10. The molecule has 2 heterocycles. The Hall–Kier alpha value is -3.14. The van der Waals surface area contributed by atoms with Gasteiger partial charge in [-0.1, -0.05) is 33.1 Å². The van der Waals surface area contributed by atoms with Gasteiger partial charge in [0.05, 0.1) is 17.6 Å². The molecule has 1 amide bonds. The van der Waals surface area contributed by atoms with E-state index in [9.17, 15) is 19.7 Å². The maximum Gasteiger partial charge on any atom is 0.481 e. The number of aromatic nitrogens is 4. The smallest absolute Gasteiger partial charge is 0.404 e. The number of nitrogens with zero attached hydrogens (tertiary/aromatic N) is 6. The number of guanidine groups is 1. The van der Waals surface area contributed by atoms with Crippen LogP contribution in [0.15, 0.2) is 11.3 Å². The Morgan fingerprint density at radius 2 is 2.07 bits per heavy atom. The van der Waals surface area contributed by atoms with E-state index in [1.165, 1.54) is 11.0 Å². The molecule has 0 aromatic carbocycles. The van der Waals surface area contributed by atoms with Crippen LogP contribution in [-0.4, -0.2) is 74.2 Å². The van der Waals surface area contributed by atoms with E-state index in [2.05, 4.69) is 60.5 Å². The molecule has 4 aliphatic rings. The summed E-state index contributed by atoms with van der Waals surface area (Å²) in [4.78, 5) is 41.0. The third-order valence-corrected chi connectivity index (χ3v) is 9.12. The number of ketones is 1. The SMILES string of the molecule is CC(C)C[C@H](NC(=O)[C@H](CCCN=C(N)N[N+](=O)[O-])CC(=O)Cn1cnnn1)B1O[C@@H]2C[C@H]3C[C@H](C3(C)C)[C@]2(C)O1. The van der Waals surface area contributed by atoms with Crippen molar-refractivity contribution in [1.29, 1.82) is 0 Å². The lowest BCUT2D eigenvalue weighted by Crippen LogP contribution is -2.65. The molecule has 1 aliphatic heterocycles. The first-order valence-electron chi connectivity index (χ1n) is 14.4. The molecule has 41 heavy (non-hydrogen) atoms. The van der Waals surface area contributed by atoms with Crippen molar-refractivity contribution in [2.75, 3.05) is 6.54 Å². The van der Waals surface area contributed by atoms with Crippen LogP contribution in [0, 0.1) is 39.2 Å². The molecule has 4 fully saturated rings. The molecular formula is C25H42BN9O6. The van der Waals surface area contributed by atoms with E-state index in [4.69, 9.17) is 15.0 Å². The van der Waals surface area contributed by atoms with Gasteiger partial charge in [-0.15, -0.1) is 5.10 Å². The maximum atomic E-state index is 13.7. The number of rotatable bonds is 14. The summed E-state index contributed by atoms with van der Waals surface area (Å²) in [7, 11) is -0.582. The second-order valence-electron chi connectivity index (χ2n) is 12.8. The van der Waals surface area contributed by atoms with Gasteiger partial charge in [-0.05, 0) is 72.6 Å². The summed E-state index contributed by atoms with van der Waals surface area (Å²) in [5.74, 6) is -0.594. The quantitative estimate of drug-likeness (QED) is 0.0711. The zero-order chi connectivity index (χ0) is 29.9. The molecule has 0 spiro atoms. The van der Waals surface area contributed by atoms with Crippen molar-refractivity contribution in [1.82, 2.24) is 30.9 Å². The lowest BCUT2D eigenvalue weighted by atomic mass is 9.43. The van der Waals surface area contributed by atoms with Gasteiger partial charge in [0, 0.05) is 18.9 Å². The normalized spacial score (nSPS) is 28.0. The molecule has 0 unspecified atom stereocenters. The van der Waals surface area contributed by atoms with Crippen LogP contribution in [0.4, 0.5) is 0 Å². The highest BCUT2D eigenvalue weighted by atomic mass is 16.7. The Morgan fingerprint density at radius 3 is 2.71 bits per heavy atom. The highest BCUT2D eigenvalue weighted by Gasteiger charge is 2.68. The minimum absolute atomic E-state index is 0.0133. The van der Waals surface area contributed by atoms with Crippen molar-refractivity contribution in [3.63, 3.8) is 0 Å². The number of tetrazole rings is 1. The van der Waals surface area contributed by atoms with Gasteiger partial charge >= 0.3 is 7.12 Å². The van der Waals surface area contributed by atoms with Gasteiger partial charge in [0.15, 0.2) is 10.8 Å². The molecule has 16 heteroatoms. The topological polar surface area (TPSA) is 202 Å². The summed E-state index contributed by atoms with van der Waals surface area (Å²) in [6.45, 7) is 11.0. The van der Waals surface area contributed by atoms with Crippen LogP contribution in [-0.2, 0) is 25.4 Å². The number of carbonyl (C=O) groups is 2. The van der Waals surface area contributed by atoms with Gasteiger partial charge in [0.25, 0.3) is 5.96 Å². The molecule has 2 bridgehead atoms. The second kappa shape index (κ2) is 12.4. The Labute approximate surface area is 240 Å². The number of nitrogens with one attached hydrogen (secondary N) is 2. The summed E-state index contributed by atoms with van der Waals surface area (Å²) < 4.78 is 14.5. The fourth-order valence-electron chi connectivity index (χ4n) is 6.88. The predicted molar refractivity (Wildman–Crippen MR) is 148 cm³/mol. The van der Waals surface area contributed by atoms with Crippen molar-refractivity contribution >= 4 is 24.8 Å². The van der Waals surface area contributed by atoms with Gasteiger partial charge < -0.3 is 20.4 Å². The number of nitrogens with two attached hydrogens (primary N) is 1. The maximum absolute atomic E-state index is 13.7. The van der Waals surface area contributed by atoms with Crippen LogP contribution in [0.2, 0.25) is 0 Å². The predicted octanol–water partition coefficient (Wildman–Crippen LogP) is 0.923. The molecule has 6 atom stereocenters. The number of nitro groups is 1. The van der Waals surface area contributed by atoms with E-state index in [0.29, 0.717) is 31.1 Å². The molecule has 4 N–H and O–H groups in total. The van der Waals surface area contributed by atoms with Crippen molar-refractivity contribution in [3.8, 4) is 0 Å². The lowest BCUT2D eigenvalue weighted by Gasteiger charge is -2.64. The molecule has 1 aromatic rings. The van der Waals surface area contributed by atoms with E-state index >= 15 is 0 Å². The summed E-state index contributed by atoms with van der Waals surface area (Å²) in [6, 6.07) is 0. The number of hydrogen-bond donors (Lipinski definition) is 3. The van der Waals surface area contributed by atoms with Crippen molar-refractivity contribution < 1.29 is 23.9 Å². The Bertz CT molecular complexity index is 1130. The number of carbonyl (C=O) groups excluding carboxylic acids is 2. The summed E-state index contributed by atoms with van der Waals surface area (Å²) in [6.07, 6.45) is 4.73. The van der Waals surface area contributed by atoms with Gasteiger partial charge in [-0.25, -0.2) is 19.8 Å². The van der Waals surface area contributed by atoms with Crippen molar-refractivity contribution in [2.45, 2.75) is 97.3 Å². The van der Waals surface area contributed by atoms with Crippen LogP contribution in [0.1, 0.15) is 73.1 Å². The number of aliphatic imine (C=N–C) groups is 1. The average molecular weight is 575 g/mol. The highest BCUT2D eigenvalue weighted by molar-refractivity contribution is 6.47. The Kier molecular flexibility index (Phi) is 9.31. The molecule has 0 radical (unpaired) electrons. The number of amides is 1. The fourth-order valence-corrected chi connectivity index (χ4v) is 6.88. The molecule has 1 saturated heterocycles. The van der Waals surface area contributed by atoms with Gasteiger partial charge in [0.1, 0.15) is 12.9 Å². The minimum atomic E-state index is -0.796. The van der Waals surface area contributed by atoms with Gasteiger partial charge in [-0.3, -0.25) is 9.59 Å². The van der Waals surface area contributed by atoms with Crippen LogP contribution in [0.5, 0.6) is 0 Å². The largest absolute Gasteiger partial charge is 0.481 e. The van der Waals surface area contributed by atoms with Crippen LogP contribution in [0.3, 0.4) is 0 Å². The van der Waals surface area contributed by atoms with Crippen LogP contribution >= 0.6 is 0 Å². The van der Waals surface area contributed by atoms with E-state index in [1.807, 2.05) is 0 Å². The molecular weight excluding hydrogens is 533 g/mol. The van der Waals surface area contributed by atoms with Crippen LogP contribution < -0.4 is 16.5 Å². The zero-order valence-corrected chi connectivity index (χ0v) is 24.5. The van der Waals surface area contributed by atoms with Crippen LogP contribution in [0.25, 0.3) is 0 Å². The minimum Gasteiger partial charge on any atom is -0.404 e. The first kappa shape index (κ1) is 30.8. The average Bonchev–Trinajstić information content (AvgIpc) is 3.51. The van der Waals surface area contributed by atoms with E-state index in [-0.39, 0.29) is 60.5 Å². The summed E-state index contributed by atoms with van der Waals surface area (Å²) in [5.41, 5.74) is 7.08. The molecule has 3 saturated carbocycles. The van der Waals surface area contributed by atoms with Gasteiger partial charge in [0.2, 0.25) is 5.91 Å². The molecule has 1 aromatic heterocycles.